The third-order valence-electron chi connectivity index (χ3n) is 6.11. The molecular weight excluding hydrogens is 364 g/mol. The number of carbonyl (C=O) groups excluding carboxylic acids is 3. The van der Waals surface area contributed by atoms with Gasteiger partial charge >= 0.3 is 0 Å². The van der Waals surface area contributed by atoms with Gasteiger partial charge in [-0.15, -0.1) is 11.3 Å². The van der Waals surface area contributed by atoms with Gasteiger partial charge in [-0.2, -0.15) is 0 Å². The number of likely N-dealkylation sites (tertiary alicyclic amines) is 1. The van der Waals surface area contributed by atoms with Gasteiger partial charge in [-0.3, -0.25) is 14.4 Å². The van der Waals surface area contributed by atoms with E-state index in [1.54, 1.807) is 0 Å². The summed E-state index contributed by atoms with van der Waals surface area (Å²) in [5, 5.41) is 2.83. The van der Waals surface area contributed by atoms with Crippen LogP contribution in [0, 0.1) is 18.8 Å². The molecule has 7 nitrogen and oxygen atoms in total. The number of nitrogens with zero attached hydrogens (tertiary/aromatic N) is 3. The lowest BCUT2D eigenvalue weighted by Crippen LogP contribution is -3.16. The van der Waals surface area contributed by atoms with Crippen LogP contribution >= 0.6 is 11.3 Å². The molecule has 1 N–H and O–H groups in total. The molecule has 1 aromatic rings. The first-order chi connectivity index (χ1) is 13.0. The molecule has 146 valence electrons. The van der Waals surface area contributed by atoms with Gasteiger partial charge in [-0.05, 0) is 19.8 Å². The van der Waals surface area contributed by atoms with Crippen LogP contribution in [0.1, 0.15) is 36.4 Å². The van der Waals surface area contributed by atoms with E-state index < -0.39 is 0 Å². The molecule has 3 aliphatic rings. The van der Waals surface area contributed by atoms with Gasteiger partial charge < -0.3 is 9.80 Å². The molecule has 1 saturated carbocycles. The maximum atomic E-state index is 12.6. The maximum Gasteiger partial charge on any atom is 0.237 e. The molecule has 1 aromatic heterocycles. The molecule has 8 heteroatoms. The molecule has 27 heavy (non-hydrogen) atoms. The van der Waals surface area contributed by atoms with Crippen LogP contribution in [-0.2, 0) is 20.8 Å². The first-order valence-electron chi connectivity index (χ1n) is 9.90. The first kappa shape index (κ1) is 18.6. The van der Waals surface area contributed by atoms with E-state index in [1.165, 1.54) is 21.1 Å². The fraction of sp³-hybridized carbons (Fsp3) is 0.684. The molecule has 0 spiro atoms. The zero-order chi connectivity index (χ0) is 19.0. The van der Waals surface area contributed by atoms with Crippen molar-refractivity contribution in [3.63, 3.8) is 0 Å². The molecule has 3 amide bonds. The smallest absolute Gasteiger partial charge is 0.237 e. The van der Waals surface area contributed by atoms with Crippen molar-refractivity contribution in [1.29, 1.82) is 0 Å². The molecular formula is C19H27N4O3S+. The monoisotopic (exact) mass is 391 g/mol. The van der Waals surface area contributed by atoms with Gasteiger partial charge in [0.1, 0.15) is 5.01 Å². The largest absolute Gasteiger partial charge is 0.331 e. The number of carbonyl (C=O) groups is 3. The second-order valence-corrected chi connectivity index (χ2v) is 8.89. The molecule has 4 rings (SSSR count). The van der Waals surface area contributed by atoms with Crippen LogP contribution in [-0.4, -0.2) is 65.4 Å². The molecule has 0 aromatic carbocycles. The molecule has 0 unspecified atom stereocenters. The van der Waals surface area contributed by atoms with Crippen molar-refractivity contribution in [2.75, 3.05) is 32.8 Å². The number of imide groups is 1. The van der Waals surface area contributed by atoms with E-state index in [-0.39, 0.29) is 29.6 Å². The zero-order valence-corrected chi connectivity index (χ0v) is 16.6. The predicted octanol–water partition coefficient (Wildman–Crippen LogP) is -0.146. The summed E-state index contributed by atoms with van der Waals surface area (Å²) in [4.78, 5) is 46.7. The summed E-state index contributed by atoms with van der Waals surface area (Å²) in [7, 11) is 0. The lowest BCUT2D eigenvalue weighted by Gasteiger charge is -2.33. The van der Waals surface area contributed by atoms with Crippen molar-refractivity contribution in [2.24, 2.45) is 11.8 Å². The summed E-state index contributed by atoms with van der Waals surface area (Å²) in [6.07, 6.45) is 4.19. The molecule has 1 aliphatic carbocycles. The summed E-state index contributed by atoms with van der Waals surface area (Å²) >= 11 is 1.53. The highest BCUT2D eigenvalue weighted by Crippen LogP contribution is 2.37. The Balaban J connectivity index is 1.29. The van der Waals surface area contributed by atoms with E-state index in [0.717, 1.165) is 49.5 Å². The Morgan fingerprint density at radius 2 is 1.81 bits per heavy atom. The van der Waals surface area contributed by atoms with Gasteiger partial charge in [0.15, 0.2) is 6.67 Å². The normalized spacial score (nSPS) is 26.6. The molecule has 2 aliphatic heterocycles. The minimum Gasteiger partial charge on any atom is -0.331 e. The third kappa shape index (κ3) is 3.78. The average Bonchev–Trinajstić information content (AvgIpc) is 3.19. The highest BCUT2D eigenvalue weighted by atomic mass is 32.1. The van der Waals surface area contributed by atoms with Crippen molar-refractivity contribution >= 4 is 29.1 Å². The topological polar surface area (TPSA) is 75.0 Å². The molecule has 0 bridgehead atoms. The van der Waals surface area contributed by atoms with Crippen molar-refractivity contribution in [2.45, 2.75) is 39.0 Å². The second-order valence-electron chi connectivity index (χ2n) is 7.95. The van der Waals surface area contributed by atoms with Crippen LogP contribution in [0.4, 0.5) is 0 Å². The highest BCUT2D eigenvalue weighted by molar-refractivity contribution is 7.09. The number of rotatable bonds is 4. The Morgan fingerprint density at radius 3 is 2.37 bits per heavy atom. The lowest BCUT2D eigenvalue weighted by molar-refractivity contribution is -0.911. The van der Waals surface area contributed by atoms with Crippen molar-refractivity contribution in [1.82, 2.24) is 14.8 Å². The van der Waals surface area contributed by atoms with Gasteiger partial charge in [0.25, 0.3) is 0 Å². The zero-order valence-electron chi connectivity index (χ0n) is 15.8. The summed E-state index contributed by atoms with van der Waals surface area (Å²) in [6, 6.07) is 0. The number of aryl methyl sites for hydroxylation is 1. The first-order valence-corrected chi connectivity index (χ1v) is 10.8. The van der Waals surface area contributed by atoms with E-state index in [1.807, 2.05) is 17.2 Å². The number of quaternary nitrogens is 1. The summed E-state index contributed by atoms with van der Waals surface area (Å²) < 4.78 is 0. The fourth-order valence-electron chi connectivity index (χ4n) is 4.57. The Labute approximate surface area is 163 Å². The fourth-order valence-corrected chi connectivity index (χ4v) is 5.33. The molecule has 3 fully saturated rings. The van der Waals surface area contributed by atoms with E-state index in [9.17, 15) is 14.4 Å². The molecule has 2 saturated heterocycles. The van der Waals surface area contributed by atoms with Crippen molar-refractivity contribution in [3.8, 4) is 0 Å². The molecule has 3 heterocycles. The number of amides is 3. The highest BCUT2D eigenvalue weighted by Gasteiger charge is 2.49. The summed E-state index contributed by atoms with van der Waals surface area (Å²) in [5.74, 6) is 0.0398. The van der Waals surface area contributed by atoms with Gasteiger partial charge in [-0.25, -0.2) is 9.88 Å². The molecule has 0 radical (unpaired) electrons. The third-order valence-corrected chi connectivity index (χ3v) is 7.07. The maximum absolute atomic E-state index is 12.6. The number of hydrogen-bond acceptors (Lipinski definition) is 5. The number of thiazole rings is 1. The van der Waals surface area contributed by atoms with E-state index in [0.29, 0.717) is 26.2 Å². The van der Waals surface area contributed by atoms with E-state index >= 15 is 0 Å². The quantitative estimate of drug-likeness (QED) is 0.725. The van der Waals surface area contributed by atoms with Crippen molar-refractivity contribution < 1.29 is 19.3 Å². The van der Waals surface area contributed by atoms with Crippen LogP contribution in [0.5, 0.6) is 0 Å². The van der Waals surface area contributed by atoms with Crippen LogP contribution < -0.4 is 4.90 Å². The predicted molar refractivity (Wildman–Crippen MR) is 100.0 cm³/mol. The van der Waals surface area contributed by atoms with E-state index in [4.69, 9.17) is 0 Å². The van der Waals surface area contributed by atoms with Crippen molar-refractivity contribution in [3.05, 3.63) is 16.1 Å². The van der Waals surface area contributed by atoms with Crippen LogP contribution in [0.25, 0.3) is 0 Å². The standard InChI is InChI=1S/C19H26N4O3S/c1-13-11-27-16(20-13)10-17(24)22-8-6-21(7-9-22)12-23-18(25)14-4-2-3-5-15(14)19(23)26/h11,14-15H,2-10,12H2,1H3/p+1/t14-,15+. The Morgan fingerprint density at radius 1 is 1.19 bits per heavy atom. The Bertz CT molecular complexity index is 717. The number of piperazine rings is 1. The van der Waals surface area contributed by atoms with Gasteiger partial charge in [-0.1, -0.05) is 12.8 Å². The minimum atomic E-state index is -0.0738. The number of fused-ring (bicyclic) bond motifs is 1. The summed E-state index contributed by atoms with van der Waals surface area (Å²) in [6.45, 7) is 5.27. The van der Waals surface area contributed by atoms with Crippen LogP contribution in [0.2, 0.25) is 0 Å². The second kappa shape index (κ2) is 7.67. The Kier molecular flexibility index (Phi) is 5.27. The number of nitrogens with one attached hydrogen (secondary N) is 1. The van der Waals surface area contributed by atoms with Gasteiger partial charge in [0.2, 0.25) is 17.7 Å². The number of aromatic nitrogens is 1. The van der Waals surface area contributed by atoms with Crippen LogP contribution in [0.3, 0.4) is 0 Å². The molecule has 2 atom stereocenters. The average molecular weight is 392 g/mol. The van der Waals surface area contributed by atoms with Crippen LogP contribution in [0.15, 0.2) is 5.38 Å². The SMILES string of the molecule is Cc1csc(CC(=O)N2CC[NH+](CN3C(=O)[C@H]4CCCC[C@H]4C3=O)CC2)n1. The summed E-state index contributed by atoms with van der Waals surface area (Å²) in [5.41, 5.74) is 0.956. The minimum absolute atomic E-state index is 0.0369. The number of hydrogen-bond donors (Lipinski definition) is 1. The Hall–Kier alpha value is -1.80. The van der Waals surface area contributed by atoms with E-state index in [2.05, 4.69) is 4.98 Å². The lowest BCUT2D eigenvalue weighted by atomic mass is 9.81. The van der Waals surface area contributed by atoms with Gasteiger partial charge in [0.05, 0.1) is 44.4 Å². The van der Waals surface area contributed by atoms with Gasteiger partial charge in [0, 0.05) is 11.1 Å².